The summed E-state index contributed by atoms with van der Waals surface area (Å²) < 4.78 is 23.7. The van der Waals surface area contributed by atoms with Crippen LogP contribution in [0.1, 0.15) is 48.8 Å². The van der Waals surface area contributed by atoms with E-state index in [1.165, 1.54) is 12.1 Å². The van der Waals surface area contributed by atoms with Crippen LogP contribution >= 0.6 is 0 Å². The molecule has 9 nitrogen and oxygen atoms in total. The highest BCUT2D eigenvalue weighted by Crippen LogP contribution is 2.26. The van der Waals surface area contributed by atoms with Crippen LogP contribution in [0.5, 0.6) is 0 Å². The van der Waals surface area contributed by atoms with E-state index in [0.717, 1.165) is 31.9 Å². The minimum absolute atomic E-state index is 0.00725. The lowest BCUT2D eigenvalue weighted by Crippen LogP contribution is -2.33. The first-order valence-corrected chi connectivity index (χ1v) is 11.9. The van der Waals surface area contributed by atoms with E-state index in [4.69, 9.17) is 11.5 Å². The number of anilines is 3. The Labute approximate surface area is 176 Å². The van der Waals surface area contributed by atoms with E-state index in [2.05, 4.69) is 20.6 Å². The number of rotatable bonds is 7. The molecule has 6 N–H and O–H groups in total. The second kappa shape index (κ2) is 8.97. The third kappa shape index (κ3) is 5.25. The number of nitrogens with two attached hydrogens (primary N) is 2. The number of benzene rings is 1. The van der Waals surface area contributed by atoms with Gasteiger partial charge in [0.15, 0.2) is 21.3 Å². The summed E-state index contributed by atoms with van der Waals surface area (Å²) in [7, 11) is -3.38. The van der Waals surface area contributed by atoms with Crippen molar-refractivity contribution in [2.75, 3.05) is 16.9 Å². The van der Waals surface area contributed by atoms with Crippen molar-refractivity contribution in [2.24, 2.45) is 11.5 Å². The molecule has 30 heavy (non-hydrogen) atoms. The molecule has 10 heteroatoms. The molecule has 3 rings (SSSR count). The van der Waals surface area contributed by atoms with Crippen molar-refractivity contribution in [1.82, 2.24) is 9.97 Å². The van der Waals surface area contributed by atoms with Gasteiger partial charge in [0.1, 0.15) is 5.82 Å². The topological polar surface area (TPSA) is 153 Å². The van der Waals surface area contributed by atoms with Crippen LogP contribution in [0.15, 0.2) is 29.2 Å². The second-order valence-electron chi connectivity index (χ2n) is 7.61. The number of carbonyl (C=O) groups is 1. The van der Waals surface area contributed by atoms with Crippen molar-refractivity contribution < 1.29 is 13.2 Å². The Morgan fingerprint density at radius 3 is 2.47 bits per heavy atom. The van der Waals surface area contributed by atoms with Crippen molar-refractivity contribution in [2.45, 2.75) is 56.0 Å². The minimum Gasteiger partial charge on any atom is -0.366 e. The fourth-order valence-corrected chi connectivity index (χ4v) is 4.16. The van der Waals surface area contributed by atoms with Gasteiger partial charge in [0.2, 0.25) is 0 Å². The molecule has 2 aromatic rings. The summed E-state index contributed by atoms with van der Waals surface area (Å²) in [5.41, 5.74) is 12.6. The maximum absolute atomic E-state index is 12.0. The van der Waals surface area contributed by atoms with Gasteiger partial charge in [-0.2, -0.15) is 0 Å². The summed E-state index contributed by atoms with van der Waals surface area (Å²) in [5, 5.41) is 6.44. The summed E-state index contributed by atoms with van der Waals surface area (Å²) in [4.78, 5) is 21.2. The number of hydrogen-bond donors (Lipinski definition) is 4. The van der Waals surface area contributed by atoms with Gasteiger partial charge in [0.25, 0.3) is 5.91 Å². The lowest BCUT2D eigenvalue weighted by molar-refractivity contribution is 0.0996. The number of carbonyl (C=O) groups excluding carboxylic acids is 1. The average Bonchev–Trinajstić information content (AvgIpc) is 2.69. The molecule has 1 aromatic carbocycles. The van der Waals surface area contributed by atoms with E-state index in [1.54, 1.807) is 12.1 Å². The first-order chi connectivity index (χ1) is 14.2. The molecule has 1 aliphatic carbocycles. The summed E-state index contributed by atoms with van der Waals surface area (Å²) in [6.07, 6.45) is 5.46. The predicted octanol–water partition coefficient (Wildman–Crippen LogP) is 1.97. The predicted molar refractivity (Wildman–Crippen MR) is 117 cm³/mol. The highest BCUT2D eigenvalue weighted by Gasteiger charge is 2.22. The van der Waals surface area contributed by atoms with Crippen molar-refractivity contribution >= 4 is 33.1 Å². The molecule has 0 aliphatic heterocycles. The van der Waals surface area contributed by atoms with Gasteiger partial charge >= 0.3 is 0 Å². The van der Waals surface area contributed by atoms with Crippen molar-refractivity contribution in [3.05, 3.63) is 35.7 Å². The SMILES string of the molecule is CCc1nc(C(N)=O)c(Nc2cccc(S(C)(=O)=O)c2)nc1N[C@H]1CC[C@@H](N)CC1. The van der Waals surface area contributed by atoms with E-state index < -0.39 is 15.7 Å². The Balaban J connectivity index is 1.95. The molecular weight excluding hydrogens is 404 g/mol. The molecule has 1 aromatic heterocycles. The van der Waals surface area contributed by atoms with E-state index in [1.807, 2.05) is 6.92 Å². The van der Waals surface area contributed by atoms with Crippen LogP contribution in [0.2, 0.25) is 0 Å². The Hall–Kier alpha value is -2.72. The zero-order valence-corrected chi connectivity index (χ0v) is 18.0. The van der Waals surface area contributed by atoms with Crippen molar-refractivity contribution in [3.63, 3.8) is 0 Å². The number of nitrogens with one attached hydrogen (secondary N) is 2. The van der Waals surface area contributed by atoms with Gasteiger partial charge in [0, 0.05) is 24.0 Å². The van der Waals surface area contributed by atoms with E-state index >= 15 is 0 Å². The Morgan fingerprint density at radius 2 is 1.87 bits per heavy atom. The maximum atomic E-state index is 12.0. The molecule has 0 spiro atoms. The van der Waals surface area contributed by atoms with E-state index in [9.17, 15) is 13.2 Å². The Kier molecular flexibility index (Phi) is 6.57. The molecule has 162 valence electrons. The molecule has 1 aliphatic rings. The van der Waals surface area contributed by atoms with Gasteiger partial charge < -0.3 is 22.1 Å². The minimum atomic E-state index is -3.38. The quantitative estimate of drug-likeness (QED) is 0.518. The smallest absolute Gasteiger partial charge is 0.271 e. The number of primary amides is 1. The molecular formula is C20H28N6O3S. The van der Waals surface area contributed by atoms with Gasteiger partial charge in [0.05, 0.1) is 10.6 Å². The molecule has 1 amide bonds. The highest BCUT2D eigenvalue weighted by atomic mass is 32.2. The van der Waals surface area contributed by atoms with Crippen molar-refractivity contribution in [3.8, 4) is 0 Å². The Morgan fingerprint density at radius 1 is 1.17 bits per heavy atom. The monoisotopic (exact) mass is 432 g/mol. The van der Waals surface area contributed by atoms with Crippen LogP contribution in [0, 0.1) is 0 Å². The highest BCUT2D eigenvalue weighted by molar-refractivity contribution is 7.90. The molecule has 0 unspecified atom stereocenters. The van der Waals surface area contributed by atoms with Gasteiger partial charge in [-0.15, -0.1) is 0 Å². The van der Waals surface area contributed by atoms with Gasteiger partial charge in [-0.25, -0.2) is 18.4 Å². The first-order valence-electron chi connectivity index (χ1n) is 9.97. The summed E-state index contributed by atoms with van der Waals surface area (Å²) in [5.74, 6) is 0.0549. The standard InChI is InChI=1S/C20H28N6O3S/c1-3-16-19(23-13-9-7-12(21)8-10-13)26-20(17(25-16)18(22)27)24-14-5-4-6-15(11-14)30(2,28)29/h4-6,11-13H,3,7-10,21H2,1-2H3,(H2,22,27)(H2,23,24,26)/t12-,13+. The largest absolute Gasteiger partial charge is 0.366 e. The van der Waals surface area contributed by atoms with Gasteiger partial charge in [-0.05, 0) is 50.3 Å². The van der Waals surface area contributed by atoms with Crippen LogP contribution in [-0.4, -0.2) is 42.6 Å². The van der Waals surface area contributed by atoms with E-state index in [0.29, 0.717) is 23.6 Å². The molecule has 0 radical (unpaired) electrons. The lowest BCUT2D eigenvalue weighted by Gasteiger charge is -2.28. The van der Waals surface area contributed by atoms with Crippen LogP contribution in [-0.2, 0) is 16.3 Å². The third-order valence-corrected chi connectivity index (χ3v) is 6.28. The number of hydrogen-bond acceptors (Lipinski definition) is 8. The lowest BCUT2D eigenvalue weighted by atomic mass is 9.92. The summed E-state index contributed by atoms with van der Waals surface area (Å²) >= 11 is 0. The number of aromatic nitrogens is 2. The number of amides is 1. The fourth-order valence-electron chi connectivity index (χ4n) is 3.49. The zero-order chi connectivity index (χ0) is 21.9. The summed E-state index contributed by atoms with van der Waals surface area (Å²) in [6.45, 7) is 1.93. The summed E-state index contributed by atoms with van der Waals surface area (Å²) in [6, 6.07) is 6.74. The first kappa shape index (κ1) is 22.0. The molecule has 1 heterocycles. The van der Waals surface area contributed by atoms with Crippen LogP contribution in [0.3, 0.4) is 0 Å². The average molecular weight is 433 g/mol. The number of sulfone groups is 1. The third-order valence-electron chi connectivity index (χ3n) is 5.17. The van der Waals surface area contributed by atoms with Crippen LogP contribution in [0.4, 0.5) is 17.3 Å². The van der Waals surface area contributed by atoms with Crippen LogP contribution in [0.25, 0.3) is 0 Å². The van der Waals surface area contributed by atoms with E-state index in [-0.39, 0.29) is 28.5 Å². The zero-order valence-electron chi connectivity index (χ0n) is 17.2. The molecule has 1 saturated carbocycles. The maximum Gasteiger partial charge on any atom is 0.271 e. The normalized spacial score (nSPS) is 19.3. The van der Waals surface area contributed by atoms with Crippen LogP contribution < -0.4 is 22.1 Å². The second-order valence-corrected chi connectivity index (χ2v) is 9.63. The molecule has 0 bridgehead atoms. The molecule has 1 fully saturated rings. The van der Waals surface area contributed by atoms with Gasteiger partial charge in [-0.1, -0.05) is 13.0 Å². The van der Waals surface area contributed by atoms with Crippen molar-refractivity contribution in [1.29, 1.82) is 0 Å². The fraction of sp³-hybridized carbons (Fsp3) is 0.450. The number of aryl methyl sites for hydroxylation is 1. The molecule has 0 atom stereocenters. The van der Waals surface area contributed by atoms with Gasteiger partial charge in [-0.3, -0.25) is 4.79 Å². The Bertz CT molecular complexity index is 1030. The number of nitrogens with zero attached hydrogens (tertiary/aromatic N) is 2. The molecule has 0 saturated heterocycles.